The highest BCUT2D eigenvalue weighted by molar-refractivity contribution is 6.60. The number of benzene rings is 1. The Kier molecular flexibility index (Phi) is 7.35. The first-order valence-corrected chi connectivity index (χ1v) is 8.77. The normalized spacial score (nSPS) is 13.4. The molecule has 0 spiro atoms. The van der Waals surface area contributed by atoms with E-state index in [9.17, 15) is 0 Å². The van der Waals surface area contributed by atoms with Gasteiger partial charge in [0.25, 0.3) is 0 Å². The van der Waals surface area contributed by atoms with Gasteiger partial charge in [-0.3, -0.25) is 5.32 Å². The van der Waals surface area contributed by atoms with Crippen molar-refractivity contribution in [3.8, 4) is 0 Å². The Hall–Kier alpha value is -0.763. The van der Waals surface area contributed by atoms with Gasteiger partial charge in [0.15, 0.2) is 0 Å². The summed E-state index contributed by atoms with van der Waals surface area (Å²) in [6.45, 7) is 2.88. The van der Waals surface area contributed by atoms with Gasteiger partial charge < -0.3 is 19.0 Å². The smallest absolute Gasteiger partial charge is 0.377 e. The van der Waals surface area contributed by atoms with E-state index in [0.29, 0.717) is 0 Å². The lowest BCUT2D eigenvalue weighted by molar-refractivity contribution is 0.123. The molecule has 114 valence electrons. The minimum absolute atomic E-state index is 0.153. The van der Waals surface area contributed by atoms with E-state index in [-0.39, 0.29) is 6.17 Å². The Morgan fingerprint density at radius 2 is 1.75 bits per heavy atom. The van der Waals surface area contributed by atoms with E-state index in [4.69, 9.17) is 19.0 Å². The van der Waals surface area contributed by atoms with Crippen molar-refractivity contribution in [3.63, 3.8) is 0 Å². The van der Waals surface area contributed by atoms with Crippen LogP contribution in [0.25, 0.3) is 0 Å². The summed E-state index contributed by atoms with van der Waals surface area (Å²) in [5.41, 5.74) is 8.46. The number of nitrogens with one attached hydrogen (secondary N) is 1. The van der Waals surface area contributed by atoms with Gasteiger partial charge in [-0.05, 0) is 24.1 Å². The molecule has 1 aromatic rings. The average Bonchev–Trinajstić information content (AvgIpc) is 2.50. The molecule has 0 amide bonds. The van der Waals surface area contributed by atoms with Crippen LogP contribution in [0.2, 0.25) is 6.04 Å². The lowest BCUT2D eigenvalue weighted by Gasteiger charge is -2.25. The van der Waals surface area contributed by atoms with Crippen LogP contribution in [-0.4, -0.2) is 36.7 Å². The van der Waals surface area contributed by atoms with Gasteiger partial charge in [-0.25, -0.2) is 0 Å². The second-order valence-corrected chi connectivity index (χ2v) is 7.62. The molecule has 0 heterocycles. The molecular formula is C14H26N2O3Si. The van der Waals surface area contributed by atoms with Crippen LogP contribution in [0.4, 0.5) is 0 Å². The first-order valence-electron chi connectivity index (χ1n) is 6.84. The molecule has 0 bridgehead atoms. The van der Waals surface area contributed by atoms with Gasteiger partial charge in [0.05, 0.1) is 6.17 Å². The van der Waals surface area contributed by atoms with E-state index in [0.717, 1.165) is 24.6 Å². The second kappa shape index (κ2) is 8.51. The van der Waals surface area contributed by atoms with Gasteiger partial charge in [0.1, 0.15) is 0 Å². The third kappa shape index (κ3) is 4.37. The molecule has 1 atom stereocenters. The number of hydrogen-bond acceptors (Lipinski definition) is 5. The molecule has 1 aromatic carbocycles. The topological polar surface area (TPSA) is 65.7 Å². The minimum Gasteiger partial charge on any atom is -0.377 e. The summed E-state index contributed by atoms with van der Waals surface area (Å²) in [6, 6.07) is 8.90. The molecule has 6 heteroatoms. The summed E-state index contributed by atoms with van der Waals surface area (Å²) in [5.74, 6) is 0. The summed E-state index contributed by atoms with van der Waals surface area (Å²) >= 11 is 0. The van der Waals surface area contributed by atoms with Crippen LogP contribution in [0.5, 0.6) is 0 Å². The van der Waals surface area contributed by atoms with Gasteiger partial charge in [-0.1, -0.05) is 31.2 Å². The molecule has 0 aromatic heterocycles. The Labute approximate surface area is 122 Å². The molecule has 5 nitrogen and oxygen atoms in total. The van der Waals surface area contributed by atoms with Crippen molar-refractivity contribution in [2.45, 2.75) is 25.6 Å². The molecule has 0 radical (unpaired) electrons. The Morgan fingerprint density at radius 1 is 1.15 bits per heavy atom. The van der Waals surface area contributed by atoms with Crippen molar-refractivity contribution in [1.29, 1.82) is 0 Å². The van der Waals surface area contributed by atoms with Gasteiger partial charge in [0.2, 0.25) is 0 Å². The monoisotopic (exact) mass is 298 g/mol. The van der Waals surface area contributed by atoms with E-state index in [1.165, 1.54) is 5.56 Å². The third-order valence-electron chi connectivity index (χ3n) is 3.45. The number of hydrogen-bond donors (Lipinski definition) is 2. The van der Waals surface area contributed by atoms with Crippen LogP contribution in [0.3, 0.4) is 0 Å². The van der Waals surface area contributed by atoms with Gasteiger partial charge in [-0.2, -0.15) is 0 Å². The minimum atomic E-state index is -2.54. The van der Waals surface area contributed by atoms with E-state index >= 15 is 0 Å². The number of aryl methyl sites for hydroxylation is 1. The van der Waals surface area contributed by atoms with Crippen LogP contribution in [0.1, 0.15) is 24.2 Å². The molecule has 0 aliphatic rings. The van der Waals surface area contributed by atoms with Crippen molar-refractivity contribution >= 4 is 8.80 Å². The second-order valence-electron chi connectivity index (χ2n) is 4.53. The SMILES string of the molecule is CCNC(N)c1ccccc1CC[Si](OC)(OC)OC. The van der Waals surface area contributed by atoms with Crippen molar-refractivity contribution in [2.75, 3.05) is 27.9 Å². The largest absolute Gasteiger partial charge is 0.500 e. The number of rotatable bonds is 9. The van der Waals surface area contributed by atoms with Crippen molar-refractivity contribution in [3.05, 3.63) is 35.4 Å². The van der Waals surface area contributed by atoms with Gasteiger partial charge in [0, 0.05) is 27.4 Å². The highest BCUT2D eigenvalue weighted by Crippen LogP contribution is 2.21. The van der Waals surface area contributed by atoms with Crippen LogP contribution in [0, 0.1) is 0 Å². The summed E-state index contributed by atoms with van der Waals surface area (Å²) in [5, 5.41) is 3.24. The highest BCUT2D eigenvalue weighted by Gasteiger charge is 2.37. The summed E-state index contributed by atoms with van der Waals surface area (Å²) in [7, 11) is 2.37. The maximum absolute atomic E-state index is 6.15. The maximum Gasteiger partial charge on any atom is 0.500 e. The molecule has 0 fully saturated rings. The van der Waals surface area contributed by atoms with E-state index < -0.39 is 8.80 Å². The summed E-state index contributed by atoms with van der Waals surface area (Å²) in [6.07, 6.45) is 0.664. The quantitative estimate of drug-likeness (QED) is 0.536. The van der Waals surface area contributed by atoms with Crippen LogP contribution in [-0.2, 0) is 19.7 Å². The fourth-order valence-corrected chi connectivity index (χ4v) is 3.93. The molecule has 0 saturated heterocycles. The molecule has 1 rings (SSSR count). The standard InChI is InChI=1S/C14H26N2O3Si/c1-5-16-14(15)13-9-7-6-8-12(13)10-11-20(17-2,18-3)19-4/h6-9,14,16H,5,10-11,15H2,1-4H3. The number of nitrogens with two attached hydrogens (primary N) is 1. The molecule has 0 saturated carbocycles. The van der Waals surface area contributed by atoms with Crippen LogP contribution >= 0.6 is 0 Å². The fraction of sp³-hybridized carbons (Fsp3) is 0.571. The molecule has 0 aliphatic carbocycles. The molecule has 0 aliphatic heterocycles. The zero-order valence-electron chi connectivity index (χ0n) is 12.8. The van der Waals surface area contributed by atoms with Crippen LogP contribution < -0.4 is 11.1 Å². The predicted molar refractivity (Wildman–Crippen MR) is 82.3 cm³/mol. The summed E-state index contributed by atoms with van der Waals surface area (Å²) in [4.78, 5) is 0. The zero-order valence-corrected chi connectivity index (χ0v) is 13.8. The van der Waals surface area contributed by atoms with Crippen molar-refractivity contribution in [2.24, 2.45) is 5.73 Å². The fourth-order valence-electron chi connectivity index (χ4n) is 2.24. The first-order chi connectivity index (χ1) is 9.62. The summed E-state index contributed by atoms with van der Waals surface area (Å²) < 4.78 is 16.4. The maximum atomic E-state index is 6.15. The van der Waals surface area contributed by atoms with E-state index in [1.54, 1.807) is 21.3 Å². The molecular weight excluding hydrogens is 272 g/mol. The molecule has 3 N–H and O–H groups in total. The zero-order chi connectivity index (χ0) is 15.0. The van der Waals surface area contributed by atoms with Gasteiger partial charge >= 0.3 is 8.80 Å². The van der Waals surface area contributed by atoms with Crippen LogP contribution in [0.15, 0.2) is 24.3 Å². The molecule has 1 unspecified atom stereocenters. The lowest BCUT2D eigenvalue weighted by atomic mass is 10.0. The predicted octanol–water partition coefficient (Wildman–Crippen LogP) is 1.67. The van der Waals surface area contributed by atoms with Crippen molar-refractivity contribution < 1.29 is 13.3 Å². The highest BCUT2D eigenvalue weighted by atomic mass is 28.4. The first kappa shape index (κ1) is 17.3. The third-order valence-corrected chi connectivity index (χ3v) is 6.18. The van der Waals surface area contributed by atoms with Crippen molar-refractivity contribution in [1.82, 2.24) is 5.32 Å². The average molecular weight is 298 g/mol. The van der Waals surface area contributed by atoms with Gasteiger partial charge in [-0.15, -0.1) is 0 Å². The molecule has 20 heavy (non-hydrogen) atoms. The Morgan fingerprint density at radius 3 is 2.30 bits per heavy atom. The van der Waals surface area contributed by atoms with E-state index in [2.05, 4.69) is 17.4 Å². The lowest BCUT2D eigenvalue weighted by Crippen LogP contribution is -2.43. The Bertz CT molecular complexity index is 391. The van der Waals surface area contributed by atoms with E-state index in [1.807, 2.05) is 19.1 Å². The Balaban J connectivity index is 2.82.